The van der Waals surface area contributed by atoms with Crippen LogP contribution in [0.5, 0.6) is 5.75 Å². The van der Waals surface area contributed by atoms with Crippen molar-refractivity contribution in [3.8, 4) is 5.75 Å². The van der Waals surface area contributed by atoms with Gasteiger partial charge in [0.05, 0.1) is 18.6 Å². The molecule has 1 rings (SSSR count). The lowest BCUT2D eigenvalue weighted by Gasteiger charge is -2.20. The number of carbonyl (C=O) groups excluding carboxylic acids is 1. The number of carboxylic acid groups (broad SMARTS) is 1. The second-order valence-corrected chi connectivity index (χ2v) is 6.88. The summed E-state index contributed by atoms with van der Waals surface area (Å²) in [5.41, 5.74) is 0.424. The number of rotatable bonds is 12. The maximum atomic E-state index is 11.8. The summed E-state index contributed by atoms with van der Waals surface area (Å²) in [6.07, 6.45) is 7.26. The first-order valence-corrected chi connectivity index (χ1v) is 9.16. The number of hydrogen-bond donors (Lipinski definition) is 1. The Kier molecular flexibility index (Phi) is 9.48. The average Bonchev–Trinajstić information content (AvgIpc) is 2.62. The number of carboxylic acids is 1. The molecule has 0 radical (unpaired) electrons. The average molecular weight is 362 g/mol. The zero-order valence-corrected chi connectivity index (χ0v) is 16.0. The van der Waals surface area contributed by atoms with Crippen LogP contribution in [0, 0.1) is 5.41 Å². The summed E-state index contributed by atoms with van der Waals surface area (Å²) in [5.74, 6) is -0.313. The predicted octanol–water partition coefficient (Wildman–Crippen LogP) is 4.70. The van der Waals surface area contributed by atoms with E-state index < -0.39 is 11.4 Å². The highest BCUT2D eigenvalue weighted by Crippen LogP contribution is 2.21. The summed E-state index contributed by atoms with van der Waals surface area (Å²) in [6.45, 7) is 6.91. The minimum atomic E-state index is -0.964. The van der Waals surface area contributed by atoms with E-state index in [1.807, 2.05) is 45.0 Å². The molecule has 26 heavy (non-hydrogen) atoms. The number of benzene rings is 1. The molecule has 0 saturated carbocycles. The van der Waals surface area contributed by atoms with Gasteiger partial charge in [-0.1, -0.05) is 19.1 Å². The molecule has 0 spiro atoms. The predicted molar refractivity (Wildman–Crippen MR) is 102 cm³/mol. The fourth-order valence-corrected chi connectivity index (χ4v) is 2.09. The highest BCUT2D eigenvalue weighted by Gasteiger charge is 2.26. The molecule has 1 aromatic rings. The van der Waals surface area contributed by atoms with E-state index in [-0.39, 0.29) is 5.97 Å². The zero-order chi connectivity index (χ0) is 19.4. The van der Waals surface area contributed by atoms with Gasteiger partial charge in [-0.05, 0) is 69.7 Å². The van der Waals surface area contributed by atoms with Crippen molar-refractivity contribution < 1.29 is 24.2 Å². The first-order chi connectivity index (χ1) is 12.3. The fraction of sp³-hybridized carbons (Fsp3) is 0.524. The van der Waals surface area contributed by atoms with Crippen molar-refractivity contribution in [2.45, 2.75) is 52.9 Å². The maximum absolute atomic E-state index is 11.8. The van der Waals surface area contributed by atoms with Gasteiger partial charge in [0.25, 0.3) is 0 Å². The molecule has 0 heterocycles. The third kappa shape index (κ3) is 8.70. The Balaban J connectivity index is 2.10. The molecule has 5 heteroatoms. The van der Waals surface area contributed by atoms with E-state index in [9.17, 15) is 9.59 Å². The van der Waals surface area contributed by atoms with Crippen LogP contribution in [0.2, 0.25) is 0 Å². The molecule has 5 nitrogen and oxygen atoms in total. The molecule has 0 aliphatic rings. The van der Waals surface area contributed by atoms with Crippen LogP contribution in [-0.4, -0.2) is 30.3 Å². The molecular weight excluding hydrogens is 332 g/mol. The molecule has 0 aromatic heterocycles. The second kappa shape index (κ2) is 11.3. The Labute approximate surface area is 156 Å². The standard InChI is InChI=1S/C21H30O5/c1-4-21(2,3)20(24)26-16-8-6-5-7-15-25-18-12-9-17(10-13-18)11-14-19(22)23/h9-14H,4-8,15-16H2,1-3H3,(H,22,23)/b14-11+. The molecule has 0 unspecified atom stereocenters. The summed E-state index contributed by atoms with van der Waals surface area (Å²) in [6, 6.07) is 7.30. The normalized spacial score (nSPS) is 11.5. The van der Waals surface area contributed by atoms with Crippen LogP contribution in [0.15, 0.2) is 30.3 Å². The van der Waals surface area contributed by atoms with Crippen LogP contribution in [-0.2, 0) is 14.3 Å². The van der Waals surface area contributed by atoms with Gasteiger partial charge >= 0.3 is 11.9 Å². The molecule has 0 saturated heterocycles. The van der Waals surface area contributed by atoms with Crippen LogP contribution in [0.3, 0.4) is 0 Å². The molecule has 0 fully saturated rings. The number of esters is 1. The molecule has 0 aliphatic carbocycles. The second-order valence-electron chi connectivity index (χ2n) is 6.88. The van der Waals surface area contributed by atoms with Gasteiger partial charge in [-0.2, -0.15) is 0 Å². The fourth-order valence-electron chi connectivity index (χ4n) is 2.09. The highest BCUT2D eigenvalue weighted by molar-refractivity contribution is 5.85. The molecular formula is C21H30O5. The van der Waals surface area contributed by atoms with Gasteiger partial charge in [0.1, 0.15) is 5.75 Å². The van der Waals surface area contributed by atoms with Crippen LogP contribution >= 0.6 is 0 Å². The van der Waals surface area contributed by atoms with E-state index in [2.05, 4.69) is 0 Å². The minimum Gasteiger partial charge on any atom is -0.494 e. The molecule has 0 atom stereocenters. The van der Waals surface area contributed by atoms with Crippen LogP contribution in [0.1, 0.15) is 58.4 Å². The molecule has 0 bridgehead atoms. The van der Waals surface area contributed by atoms with Gasteiger partial charge in [0, 0.05) is 6.08 Å². The summed E-state index contributed by atoms with van der Waals surface area (Å²) in [4.78, 5) is 22.3. The SMILES string of the molecule is CCC(C)(C)C(=O)OCCCCCCOc1ccc(/C=C/C(=O)O)cc1. The third-order valence-corrected chi connectivity index (χ3v) is 4.28. The molecule has 0 aliphatic heterocycles. The Morgan fingerprint density at radius 1 is 1.04 bits per heavy atom. The monoisotopic (exact) mass is 362 g/mol. The molecule has 1 aromatic carbocycles. The van der Waals surface area contributed by atoms with Crippen molar-refractivity contribution >= 4 is 18.0 Å². The number of carbonyl (C=O) groups is 2. The molecule has 0 amide bonds. The number of unbranched alkanes of at least 4 members (excludes halogenated alkanes) is 3. The lowest BCUT2D eigenvalue weighted by atomic mass is 9.91. The smallest absolute Gasteiger partial charge is 0.328 e. The minimum absolute atomic E-state index is 0.120. The van der Waals surface area contributed by atoms with Crippen molar-refractivity contribution in [3.05, 3.63) is 35.9 Å². The number of ether oxygens (including phenoxy) is 2. The molecule has 144 valence electrons. The Morgan fingerprint density at radius 3 is 2.23 bits per heavy atom. The van der Waals surface area contributed by atoms with Crippen molar-refractivity contribution in [1.82, 2.24) is 0 Å². The van der Waals surface area contributed by atoms with E-state index in [0.29, 0.717) is 13.2 Å². The Morgan fingerprint density at radius 2 is 1.65 bits per heavy atom. The lowest BCUT2D eigenvalue weighted by Crippen LogP contribution is -2.26. The summed E-state index contributed by atoms with van der Waals surface area (Å²) < 4.78 is 11.0. The van der Waals surface area contributed by atoms with E-state index in [1.165, 1.54) is 0 Å². The Hall–Kier alpha value is -2.30. The lowest BCUT2D eigenvalue weighted by molar-refractivity contribution is -0.154. The first kappa shape index (κ1) is 21.7. The van der Waals surface area contributed by atoms with Crippen LogP contribution < -0.4 is 4.74 Å². The van der Waals surface area contributed by atoms with Crippen molar-refractivity contribution in [3.63, 3.8) is 0 Å². The van der Waals surface area contributed by atoms with E-state index in [4.69, 9.17) is 14.6 Å². The number of hydrogen-bond acceptors (Lipinski definition) is 4. The van der Waals surface area contributed by atoms with E-state index in [1.54, 1.807) is 6.08 Å². The Bertz CT molecular complexity index is 587. The number of aliphatic carboxylic acids is 1. The third-order valence-electron chi connectivity index (χ3n) is 4.28. The van der Waals surface area contributed by atoms with E-state index in [0.717, 1.165) is 49.5 Å². The van der Waals surface area contributed by atoms with Crippen molar-refractivity contribution in [2.75, 3.05) is 13.2 Å². The topological polar surface area (TPSA) is 72.8 Å². The van der Waals surface area contributed by atoms with E-state index >= 15 is 0 Å². The van der Waals surface area contributed by atoms with Crippen molar-refractivity contribution in [2.24, 2.45) is 5.41 Å². The maximum Gasteiger partial charge on any atom is 0.328 e. The quantitative estimate of drug-likeness (QED) is 0.331. The van der Waals surface area contributed by atoms with Crippen LogP contribution in [0.4, 0.5) is 0 Å². The largest absolute Gasteiger partial charge is 0.494 e. The molecule has 1 N–H and O–H groups in total. The summed E-state index contributed by atoms with van der Waals surface area (Å²) in [5, 5.41) is 8.59. The van der Waals surface area contributed by atoms with Crippen LogP contribution in [0.25, 0.3) is 6.08 Å². The summed E-state index contributed by atoms with van der Waals surface area (Å²) in [7, 11) is 0. The van der Waals surface area contributed by atoms with Gasteiger partial charge in [0.2, 0.25) is 0 Å². The van der Waals surface area contributed by atoms with Crippen molar-refractivity contribution in [1.29, 1.82) is 0 Å². The van der Waals surface area contributed by atoms with Gasteiger partial charge in [-0.25, -0.2) is 4.79 Å². The van der Waals surface area contributed by atoms with Gasteiger partial charge < -0.3 is 14.6 Å². The van der Waals surface area contributed by atoms with Gasteiger partial charge in [-0.15, -0.1) is 0 Å². The van der Waals surface area contributed by atoms with Gasteiger partial charge in [0.15, 0.2) is 0 Å². The zero-order valence-electron chi connectivity index (χ0n) is 16.0. The first-order valence-electron chi connectivity index (χ1n) is 9.16. The summed E-state index contributed by atoms with van der Waals surface area (Å²) >= 11 is 0. The highest BCUT2D eigenvalue weighted by atomic mass is 16.5. The van der Waals surface area contributed by atoms with Gasteiger partial charge in [-0.3, -0.25) is 4.79 Å².